The maximum Gasteiger partial charge on any atom is 0.231 e. The van der Waals surface area contributed by atoms with E-state index in [-0.39, 0.29) is 26.0 Å². The largest absolute Gasteiger partial charge is 0.454 e. The Hall–Kier alpha value is -3.03. The second kappa shape index (κ2) is 6.00. The Kier molecular flexibility index (Phi) is 3.60. The molecule has 1 saturated heterocycles. The van der Waals surface area contributed by atoms with E-state index in [1.54, 1.807) is 30.3 Å². The first-order valence-corrected chi connectivity index (χ1v) is 8.49. The fraction of sp³-hybridized carbons (Fsp3) is 0.250. The van der Waals surface area contributed by atoms with Crippen LogP contribution in [0.1, 0.15) is 11.1 Å². The van der Waals surface area contributed by atoms with Gasteiger partial charge in [0, 0.05) is 5.57 Å². The van der Waals surface area contributed by atoms with Crippen molar-refractivity contribution in [3.8, 4) is 23.0 Å². The number of carbonyl (C=O) groups excluding carboxylic acids is 1. The van der Waals surface area contributed by atoms with Crippen LogP contribution in [0, 0.1) is 0 Å². The number of aliphatic hydroxyl groups excluding tert-OH is 1. The van der Waals surface area contributed by atoms with E-state index in [0.717, 1.165) is 5.56 Å². The van der Waals surface area contributed by atoms with Crippen LogP contribution in [0.2, 0.25) is 0 Å². The molecule has 0 radical (unpaired) electrons. The van der Waals surface area contributed by atoms with Crippen molar-refractivity contribution in [3.63, 3.8) is 0 Å². The zero-order chi connectivity index (χ0) is 18.4. The van der Waals surface area contributed by atoms with Crippen LogP contribution in [0.3, 0.4) is 0 Å². The Labute approximate surface area is 154 Å². The quantitative estimate of drug-likeness (QED) is 0.830. The maximum absolute atomic E-state index is 13.1. The Balaban J connectivity index is 1.49. The van der Waals surface area contributed by atoms with Gasteiger partial charge in [-0.1, -0.05) is 12.1 Å². The van der Waals surface area contributed by atoms with E-state index in [1.165, 1.54) is 0 Å². The molecule has 7 nitrogen and oxygen atoms in total. The summed E-state index contributed by atoms with van der Waals surface area (Å²) in [6.07, 6.45) is 1.74. The Morgan fingerprint density at radius 3 is 2.33 bits per heavy atom. The highest BCUT2D eigenvalue weighted by atomic mass is 16.7. The van der Waals surface area contributed by atoms with Crippen molar-refractivity contribution in [3.05, 3.63) is 53.1 Å². The number of rotatable bonds is 3. The van der Waals surface area contributed by atoms with Crippen molar-refractivity contribution in [2.24, 2.45) is 0 Å². The van der Waals surface area contributed by atoms with Gasteiger partial charge in [0.25, 0.3) is 0 Å². The number of carbonyl (C=O) groups is 1. The minimum Gasteiger partial charge on any atom is -0.454 e. The molecule has 0 amide bonds. The lowest BCUT2D eigenvalue weighted by molar-refractivity contribution is -0.136. The van der Waals surface area contributed by atoms with Gasteiger partial charge in [-0.3, -0.25) is 4.79 Å². The lowest BCUT2D eigenvalue weighted by Gasteiger charge is -2.24. The number of ether oxygens (including phenoxy) is 5. The molecule has 5 rings (SSSR count). The van der Waals surface area contributed by atoms with Crippen molar-refractivity contribution in [2.45, 2.75) is 5.60 Å². The molecular formula is C20H16O7. The molecule has 3 aliphatic rings. The van der Waals surface area contributed by atoms with Gasteiger partial charge < -0.3 is 28.8 Å². The maximum atomic E-state index is 13.1. The lowest BCUT2D eigenvalue weighted by atomic mass is 9.88. The molecular weight excluding hydrogens is 352 g/mol. The first kappa shape index (κ1) is 16.2. The van der Waals surface area contributed by atoms with Crippen molar-refractivity contribution in [1.82, 2.24) is 0 Å². The zero-order valence-electron chi connectivity index (χ0n) is 14.3. The Bertz CT molecular complexity index is 965. The molecule has 1 atom stereocenters. The molecule has 3 aliphatic heterocycles. The molecule has 27 heavy (non-hydrogen) atoms. The average molecular weight is 368 g/mol. The van der Waals surface area contributed by atoms with E-state index in [1.807, 2.05) is 12.1 Å². The van der Waals surface area contributed by atoms with Gasteiger partial charge in [-0.05, 0) is 41.5 Å². The summed E-state index contributed by atoms with van der Waals surface area (Å²) < 4.78 is 27.2. The third-order valence-electron chi connectivity index (χ3n) is 4.93. The van der Waals surface area contributed by atoms with E-state index in [2.05, 4.69) is 0 Å². The molecule has 7 heteroatoms. The Morgan fingerprint density at radius 1 is 0.926 bits per heavy atom. The van der Waals surface area contributed by atoms with Crippen LogP contribution in [-0.4, -0.2) is 37.7 Å². The summed E-state index contributed by atoms with van der Waals surface area (Å²) in [4.78, 5) is 13.1. The third-order valence-corrected chi connectivity index (χ3v) is 4.93. The van der Waals surface area contributed by atoms with Gasteiger partial charge in [-0.2, -0.15) is 0 Å². The molecule has 0 unspecified atom stereocenters. The predicted octanol–water partition coefficient (Wildman–Crippen LogP) is 2.01. The van der Waals surface area contributed by atoms with E-state index in [0.29, 0.717) is 34.1 Å². The van der Waals surface area contributed by atoms with Crippen molar-refractivity contribution in [1.29, 1.82) is 0 Å². The minimum absolute atomic E-state index is 0.0995. The summed E-state index contributed by atoms with van der Waals surface area (Å²) in [5.41, 5.74) is 0.364. The molecule has 1 N–H and O–H groups in total. The number of fused-ring (bicyclic) bond motifs is 2. The molecule has 3 heterocycles. The standard InChI is InChI=1S/C20H16O7/c21-9-20(14-2-4-16-18(7-14)26-11-24-16)19(22)13(8-27-20)5-12-1-3-15-17(6-12)25-10-23-15/h1-7,21H,8-11H2/b13-5-/t20-/m1/s1. The smallest absolute Gasteiger partial charge is 0.231 e. The lowest BCUT2D eigenvalue weighted by Crippen LogP contribution is -2.37. The highest BCUT2D eigenvalue weighted by molar-refractivity contribution is 6.07. The van der Waals surface area contributed by atoms with Crippen molar-refractivity contribution < 1.29 is 33.6 Å². The Morgan fingerprint density at radius 2 is 1.59 bits per heavy atom. The van der Waals surface area contributed by atoms with E-state index in [4.69, 9.17) is 23.7 Å². The average Bonchev–Trinajstić information content (AvgIpc) is 3.41. The summed E-state index contributed by atoms with van der Waals surface area (Å²) in [6, 6.07) is 10.6. The molecule has 0 saturated carbocycles. The van der Waals surface area contributed by atoms with Crippen LogP contribution >= 0.6 is 0 Å². The summed E-state index contributed by atoms with van der Waals surface area (Å²) in [6.45, 7) is -0.0453. The molecule has 2 aromatic rings. The molecule has 2 aromatic carbocycles. The first-order valence-electron chi connectivity index (χ1n) is 8.49. The second-order valence-electron chi connectivity index (χ2n) is 6.45. The van der Waals surface area contributed by atoms with Gasteiger partial charge >= 0.3 is 0 Å². The molecule has 138 valence electrons. The van der Waals surface area contributed by atoms with Gasteiger partial charge in [0.15, 0.2) is 34.4 Å². The van der Waals surface area contributed by atoms with E-state index >= 15 is 0 Å². The van der Waals surface area contributed by atoms with Crippen LogP contribution in [0.5, 0.6) is 23.0 Å². The van der Waals surface area contributed by atoms with Crippen molar-refractivity contribution in [2.75, 3.05) is 26.8 Å². The van der Waals surface area contributed by atoms with Gasteiger partial charge in [-0.15, -0.1) is 0 Å². The SMILES string of the molecule is O=C1/C(=C\c2ccc3c(c2)OCO3)CO[C@]1(CO)c1ccc2c(c1)OCO2. The van der Waals surface area contributed by atoms with E-state index in [9.17, 15) is 9.90 Å². The number of hydrogen-bond acceptors (Lipinski definition) is 7. The van der Waals surface area contributed by atoms with Crippen LogP contribution in [-0.2, 0) is 15.1 Å². The van der Waals surface area contributed by atoms with Gasteiger partial charge in [-0.25, -0.2) is 0 Å². The second-order valence-corrected chi connectivity index (χ2v) is 6.45. The van der Waals surface area contributed by atoms with Gasteiger partial charge in [0.1, 0.15) is 0 Å². The summed E-state index contributed by atoms with van der Waals surface area (Å²) in [5, 5.41) is 10.0. The highest BCUT2D eigenvalue weighted by Crippen LogP contribution is 2.41. The number of benzene rings is 2. The predicted molar refractivity (Wildman–Crippen MR) is 92.8 cm³/mol. The fourth-order valence-electron chi connectivity index (χ4n) is 3.47. The number of Topliss-reactive ketones (excluding diaryl/α,β-unsaturated/α-hetero) is 1. The topological polar surface area (TPSA) is 83.5 Å². The molecule has 0 bridgehead atoms. The fourth-order valence-corrected chi connectivity index (χ4v) is 3.47. The first-order chi connectivity index (χ1) is 13.2. The molecule has 0 aromatic heterocycles. The number of ketones is 1. The molecule has 0 aliphatic carbocycles. The van der Waals surface area contributed by atoms with Crippen LogP contribution in [0.4, 0.5) is 0 Å². The van der Waals surface area contributed by atoms with Crippen LogP contribution in [0.15, 0.2) is 42.0 Å². The monoisotopic (exact) mass is 368 g/mol. The number of hydrogen-bond donors (Lipinski definition) is 1. The summed E-state index contributed by atoms with van der Waals surface area (Å²) >= 11 is 0. The highest BCUT2D eigenvalue weighted by Gasteiger charge is 2.48. The third kappa shape index (κ3) is 2.47. The summed E-state index contributed by atoms with van der Waals surface area (Å²) in [5.74, 6) is 2.18. The zero-order valence-corrected chi connectivity index (χ0v) is 14.3. The van der Waals surface area contributed by atoms with Crippen LogP contribution < -0.4 is 18.9 Å². The molecule has 0 spiro atoms. The minimum atomic E-state index is -1.44. The van der Waals surface area contributed by atoms with Crippen LogP contribution in [0.25, 0.3) is 6.08 Å². The van der Waals surface area contributed by atoms with Gasteiger partial charge in [0.2, 0.25) is 13.6 Å². The molecule has 1 fully saturated rings. The van der Waals surface area contributed by atoms with E-state index < -0.39 is 12.2 Å². The summed E-state index contributed by atoms with van der Waals surface area (Å²) in [7, 11) is 0. The van der Waals surface area contributed by atoms with Gasteiger partial charge in [0.05, 0.1) is 13.2 Å². The van der Waals surface area contributed by atoms with Crippen molar-refractivity contribution >= 4 is 11.9 Å². The normalized spacial score (nSPS) is 24.0. The number of aliphatic hydroxyl groups is 1.